The predicted molar refractivity (Wildman–Crippen MR) is 298 cm³/mol. The highest BCUT2D eigenvalue weighted by Gasteiger charge is 2.45. The summed E-state index contributed by atoms with van der Waals surface area (Å²) in [7, 11) is 3.44. The number of benzene rings is 5. The van der Waals surface area contributed by atoms with Crippen LogP contribution in [-0.4, -0.2) is 103 Å². The van der Waals surface area contributed by atoms with Gasteiger partial charge in [0, 0.05) is 49.8 Å². The van der Waals surface area contributed by atoms with Crippen molar-refractivity contribution < 1.29 is 28.8 Å². The highest BCUT2D eigenvalue weighted by Crippen LogP contribution is 2.33. The molecule has 0 saturated carbocycles. The average Bonchev–Trinajstić information content (AvgIpc) is 3.89. The van der Waals surface area contributed by atoms with E-state index in [0.717, 1.165) is 77.6 Å². The lowest BCUT2D eigenvalue weighted by molar-refractivity contribution is -0.144. The number of hydrogen-bond donors (Lipinski definition) is 7. The van der Waals surface area contributed by atoms with Gasteiger partial charge in [-0.2, -0.15) is 0 Å². The maximum absolute atomic E-state index is 14.8. The summed E-state index contributed by atoms with van der Waals surface area (Å²) in [5.41, 5.74) is 9.38. The molecule has 0 aromatic heterocycles. The van der Waals surface area contributed by atoms with E-state index >= 15 is 0 Å². The van der Waals surface area contributed by atoms with E-state index in [4.69, 9.17) is 0 Å². The van der Waals surface area contributed by atoms with Gasteiger partial charge in [-0.25, -0.2) is 0 Å². The first-order valence-electron chi connectivity index (χ1n) is 27.4. The molecule has 4 aliphatic rings. The van der Waals surface area contributed by atoms with Crippen LogP contribution in [0.2, 0.25) is 0 Å². The molecular formula is C62H75N9O6. The smallest absolute Gasteiger partial charge is 0.251 e. The zero-order chi connectivity index (χ0) is 54.2. The monoisotopic (exact) mass is 1040 g/mol. The molecule has 2 aliphatic heterocycles. The van der Waals surface area contributed by atoms with Crippen molar-refractivity contribution in [3.05, 3.63) is 171 Å². The summed E-state index contributed by atoms with van der Waals surface area (Å²) >= 11 is 0. The quantitative estimate of drug-likeness (QED) is 0.0567. The molecule has 2 heterocycles. The van der Waals surface area contributed by atoms with Crippen LogP contribution in [0.15, 0.2) is 121 Å². The summed E-state index contributed by atoms with van der Waals surface area (Å²) in [5, 5.41) is 22.2. The van der Waals surface area contributed by atoms with E-state index in [9.17, 15) is 28.8 Å². The van der Waals surface area contributed by atoms with Gasteiger partial charge < -0.3 is 47.0 Å². The third kappa shape index (κ3) is 12.9. The normalized spacial score (nSPS) is 20.6. The van der Waals surface area contributed by atoms with Gasteiger partial charge in [-0.15, -0.1) is 0 Å². The van der Waals surface area contributed by atoms with Gasteiger partial charge in [-0.05, 0) is 133 Å². The molecule has 6 amide bonds. The Kier molecular flexibility index (Phi) is 17.2. The number of amides is 6. The molecule has 5 aromatic rings. The first-order valence-corrected chi connectivity index (χ1v) is 27.4. The molecule has 15 heteroatoms. The van der Waals surface area contributed by atoms with Crippen molar-refractivity contribution in [3.63, 3.8) is 0 Å². The van der Waals surface area contributed by atoms with Crippen molar-refractivity contribution in [2.24, 2.45) is 5.41 Å². The molecule has 2 aliphatic carbocycles. The highest BCUT2D eigenvalue weighted by molar-refractivity contribution is 5.96. The van der Waals surface area contributed by atoms with Crippen molar-refractivity contribution in [1.82, 2.24) is 41.7 Å². The third-order valence-electron chi connectivity index (χ3n) is 15.9. The fourth-order valence-corrected chi connectivity index (χ4v) is 11.9. The number of likely N-dealkylation sites (tertiary alicyclic amines) is 1. The number of carbonyl (C=O) groups excluding carboxylic acids is 6. The zero-order valence-electron chi connectivity index (χ0n) is 45.1. The Morgan fingerprint density at radius 2 is 1.19 bits per heavy atom. The lowest BCUT2D eigenvalue weighted by Crippen LogP contribution is -2.59. The van der Waals surface area contributed by atoms with Crippen LogP contribution in [0, 0.1) is 5.41 Å². The summed E-state index contributed by atoms with van der Waals surface area (Å²) in [4.78, 5) is 87.7. The first-order chi connectivity index (χ1) is 37.2. The van der Waals surface area contributed by atoms with Gasteiger partial charge >= 0.3 is 0 Å². The number of fused-ring (bicyclic) bond motifs is 3. The standard InChI is InChI=1S/C62H75N9O6/c1-62(2,3)56(64-5)61(77)71-38-47(34-54(71)59(75)69-51-23-13-19-42-15-9-11-21-49(42)51)66-57(73)43-28-24-40(25-29-43)35-65-46-30-26-39(27-31-46)32-52(67-55(72)36-63-4)60(76)70-37-45-17-7-6-16-44(45)33-53(70)58(74)68-50-22-12-18-41-14-8-10-20-48(41)50/h6-11,14-17,20-21,24-31,47,50-54,56,63-65H,12-13,18-19,22-23,32-38H2,1-5H3,(H,66,73)(H,67,72)(H,68,74)(H,69,75)/t47-,50?,51?,52?,53?,54?,56?/m0/s1. The first kappa shape index (κ1) is 54.4. The van der Waals surface area contributed by atoms with E-state index in [1.807, 2.05) is 106 Å². The van der Waals surface area contributed by atoms with Crippen LogP contribution < -0.4 is 37.2 Å². The van der Waals surface area contributed by atoms with Gasteiger partial charge in [0.2, 0.25) is 29.5 Å². The fourth-order valence-electron chi connectivity index (χ4n) is 11.9. The van der Waals surface area contributed by atoms with E-state index in [-0.39, 0.29) is 73.6 Å². The third-order valence-corrected chi connectivity index (χ3v) is 15.9. The average molecular weight is 1040 g/mol. The van der Waals surface area contributed by atoms with Crippen molar-refractivity contribution in [2.75, 3.05) is 32.5 Å². The lowest BCUT2D eigenvalue weighted by Gasteiger charge is -2.39. The minimum atomic E-state index is -0.929. The molecule has 0 radical (unpaired) electrons. The van der Waals surface area contributed by atoms with Gasteiger partial charge in [0.1, 0.15) is 18.1 Å². The summed E-state index contributed by atoms with van der Waals surface area (Å²) in [6.07, 6.45) is 6.39. The van der Waals surface area contributed by atoms with E-state index in [0.29, 0.717) is 24.9 Å². The second-order valence-electron chi connectivity index (χ2n) is 22.4. The van der Waals surface area contributed by atoms with Crippen LogP contribution in [0.4, 0.5) is 5.69 Å². The van der Waals surface area contributed by atoms with Gasteiger partial charge in [0.25, 0.3) is 5.91 Å². The molecule has 5 aromatic carbocycles. The lowest BCUT2D eigenvalue weighted by atomic mass is 9.85. The number of aryl methyl sites for hydroxylation is 2. The van der Waals surface area contributed by atoms with Crippen LogP contribution in [0.5, 0.6) is 0 Å². The predicted octanol–water partition coefficient (Wildman–Crippen LogP) is 6.22. The van der Waals surface area contributed by atoms with E-state index in [1.54, 1.807) is 36.0 Å². The molecule has 7 atom stereocenters. The molecule has 404 valence electrons. The van der Waals surface area contributed by atoms with Gasteiger partial charge in [0.15, 0.2) is 0 Å². The van der Waals surface area contributed by atoms with Crippen LogP contribution in [-0.2, 0) is 62.7 Å². The zero-order valence-corrected chi connectivity index (χ0v) is 45.1. The Balaban J connectivity index is 0.825. The topological polar surface area (TPSA) is 193 Å². The van der Waals surface area contributed by atoms with E-state index < -0.39 is 35.6 Å². The van der Waals surface area contributed by atoms with Crippen molar-refractivity contribution in [1.29, 1.82) is 0 Å². The largest absolute Gasteiger partial charge is 0.381 e. The van der Waals surface area contributed by atoms with E-state index in [2.05, 4.69) is 61.5 Å². The number of likely N-dealkylation sites (N-methyl/N-ethyl adjacent to an activating group) is 2. The van der Waals surface area contributed by atoms with Crippen molar-refractivity contribution in [3.8, 4) is 0 Å². The Morgan fingerprint density at radius 3 is 1.79 bits per heavy atom. The van der Waals surface area contributed by atoms with Gasteiger partial charge in [-0.1, -0.05) is 118 Å². The number of rotatable bonds is 17. The second-order valence-corrected chi connectivity index (χ2v) is 22.4. The number of anilines is 1. The van der Waals surface area contributed by atoms with Gasteiger partial charge in [0.05, 0.1) is 24.7 Å². The second kappa shape index (κ2) is 24.3. The van der Waals surface area contributed by atoms with Crippen molar-refractivity contribution >= 4 is 41.1 Å². The molecule has 0 spiro atoms. The van der Waals surface area contributed by atoms with Crippen molar-refractivity contribution in [2.45, 2.75) is 134 Å². The maximum atomic E-state index is 14.8. The summed E-state index contributed by atoms with van der Waals surface area (Å²) in [6, 6.07) is 35.7. The molecule has 7 N–H and O–H groups in total. The Hall–Kier alpha value is -7.36. The maximum Gasteiger partial charge on any atom is 0.251 e. The molecule has 0 bridgehead atoms. The molecular weight excluding hydrogens is 967 g/mol. The van der Waals surface area contributed by atoms with Gasteiger partial charge in [-0.3, -0.25) is 28.8 Å². The van der Waals surface area contributed by atoms with Crippen LogP contribution >= 0.6 is 0 Å². The summed E-state index contributed by atoms with van der Waals surface area (Å²) in [6.45, 7) is 6.94. The minimum absolute atomic E-state index is 0.0280. The summed E-state index contributed by atoms with van der Waals surface area (Å²) in [5.74, 6) is -1.51. The Morgan fingerprint density at radius 1 is 0.623 bits per heavy atom. The summed E-state index contributed by atoms with van der Waals surface area (Å²) < 4.78 is 0. The molecule has 77 heavy (non-hydrogen) atoms. The van der Waals surface area contributed by atoms with Crippen LogP contribution in [0.1, 0.15) is 120 Å². The highest BCUT2D eigenvalue weighted by atomic mass is 16.2. The molecule has 15 nitrogen and oxygen atoms in total. The number of hydrogen-bond acceptors (Lipinski definition) is 9. The van der Waals surface area contributed by atoms with E-state index in [1.165, 1.54) is 11.1 Å². The van der Waals surface area contributed by atoms with Crippen LogP contribution in [0.25, 0.3) is 0 Å². The molecule has 9 rings (SSSR count). The SMILES string of the molecule is CNCC(=O)NC(Cc1ccc(NCc2ccc(C(=O)N[C@H]3CC(C(=O)NC4CCCc5ccccc54)N(C(=O)C(NC)C(C)(C)C)C3)cc2)cc1)C(=O)N1Cc2ccccc2CC1C(=O)NC1CCCc2ccccc21. The van der Waals surface area contributed by atoms with Crippen LogP contribution in [0.3, 0.4) is 0 Å². The number of nitrogens with one attached hydrogen (secondary N) is 7. The molecule has 1 saturated heterocycles. The molecule has 6 unspecified atom stereocenters. The Labute approximate surface area is 453 Å². The number of carbonyl (C=O) groups is 6. The number of nitrogens with zero attached hydrogens (tertiary/aromatic N) is 2. The Bertz CT molecular complexity index is 2940. The fraction of sp³-hybridized carbons (Fsp3) is 0.419. The minimum Gasteiger partial charge on any atom is -0.381 e. The molecule has 1 fully saturated rings.